The predicted octanol–water partition coefficient (Wildman–Crippen LogP) is 3.87. The van der Waals surface area contributed by atoms with Gasteiger partial charge in [0.1, 0.15) is 5.82 Å². The van der Waals surface area contributed by atoms with Gasteiger partial charge in [0, 0.05) is 32.9 Å². The Kier molecular flexibility index (Phi) is 5.10. The lowest BCUT2D eigenvalue weighted by Crippen LogP contribution is -2.15. The first-order valence-corrected chi connectivity index (χ1v) is 7.77. The molecule has 0 fully saturated rings. The molecular weight excluding hydrogens is 346 g/mol. The van der Waals surface area contributed by atoms with Crippen LogP contribution in [-0.4, -0.2) is 10.7 Å². The summed E-state index contributed by atoms with van der Waals surface area (Å²) in [5.74, 6) is 1.14. The molecule has 100 valence electrons. The van der Waals surface area contributed by atoms with Gasteiger partial charge in [-0.25, -0.2) is 4.98 Å². The van der Waals surface area contributed by atoms with Crippen LogP contribution in [0.25, 0.3) is 0 Å². The number of hydrogen-bond donors (Lipinski definition) is 2. The summed E-state index contributed by atoms with van der Waals surface area (Å²) in [5.41, 5.74) is 12.8. The molecule has 1 aromatic carbocycles. The number of hydrogen-bond acceptors (Lipinski definition) is 4. The van der Waals surface area contributed by atoms with Crippen LogP contribution in [0, 0.1) is 0 Å². The van der Waals surface area contributed by atoms with E-state index in [1.54, 1.807) is 17.8 Å². The number of nitrogen functional groups attached to an aromatic ring is 1. The zero-order chi connectivity index (χ0) is 13.8. The number of aromatic nitrogens is 1. The zero-order valence-electron chi connectivity index (χ0n) is 10.0. The van der Waals surface area contributed by atoms with Gasteiger partial charge >= 0.3 is 0 Å². The lowest BCUT2D eigenvalue weighted by atomic mass is 10.1. The molecule has 0 aliphatic rings. The molecule has 19 heavy (non-hydrogen) atoms. The lowest BCUT2D eigenvalue weighted by molar-refractivity contribution is 0.828. The average Bonchev–Trinajstić information content (AvgIpc) is 2.40. The monoisotopic (exact) mass is 357 g/mol. The van der Waals surface area contributed by atoms with E-state index in [1.807, 2.05) is 24.3 Å². The standard InChI is InChI=1S/C13H13BrClN3S/c14-10-3-1-2-4-12(10)19-7-11(16)9-5-8(15)6-18-13(9)17/h1-6,11H,7,16H2,(H2,17,18). The van der Waals surface area contributed by atoms with Gasteiger partial charge in [-0.05, 0) is 34.1 Å². The van der Waals surface area contributed by atoms with Crippen LogP contribution in [0.5, 0.6) is 0 Å². The number of pyridine rings is 1. The number of benzene rings is 1. The summed E-state index contributed by atoms with van der Waals surface area (Å²) in [7, 11) is 0. The van der Waals surface area contributed by atoms with E-state index in [0.29, 0.717) is 16.6 Å². The molecule has 0 aliphatic heterocycles. The summed E-state index contributed by atoms with van der Waals surface area (Å²) in [6, 6.07) is 9.59. The minimum absolute atomic E-state index is 0.205. The van der Waals surface area contributed by atoms with Crippen LogP contribution >= 0.6 is 39.3 Å². The molecule has 1 aromatic heterocycles. The number of nitrogens with zero attached hydrogens (tertiary/aromatic N) is 1. The molecule has 0 aliphatic carbocycles. The van der Waals surface area contributed by atoms with Gasteiger partial charge in [0.15, 0.2) is 0 Å². The molecule has 2 rings (SSSR count). The summed E-state index contributed by atoms with van der Waals surface area (Å²) in [4.78, 5) is 5.16. The van der Waals surface area contributed by atoms with Gasteiger partial charge in [0.2, 0.25) is 0 Å². The molecule has 1 atom stereocenters. The highest BCUT2D eigenvalue weighted by atomic mass is 79.9. The van der Waals surface area contributed by atoms with Gasteiger partial charge in [-0.1, -0.05) is 23.7 Å². The Balaban J connectivity index is 2.07. The van der Waals surface area contributed by atoms with Gasteiger partial charge in [-0.15, -0.1) is 11.8 Å². The molecule has 4 N–H and O–H groups in total. The van der Waals surface area contributed by atoms with Crippen molar-refractivity contribution in [3.8, 4) is 0 Å². The fraction of sp³-hybridized carbons (Fsp3) is 0.154. The van der Waals surface area contributed by atoms with Crippen molar-refractivity contribution in [3.05, 3.63) is 51.6 Å². The van der Waals surface area contributed by atoms with Crippen molar-refractivity contribution in [1.29, 1.82) is 0 Å². The molecule has 0 saturated carbocycles. The van der Waals surface area contributed by atoms with Crippen LogP contribution < -0.4 is 11.5 Å². The topological polar surface area (TPSA) is 64.9 Å². The van der Waals surface area contributed by atoms with Crippen LogP contribution in [0.15, 0.2) is 45.9 Å². The van der Waals surface area contributed by atoms with Crippen molar-refractivity contribution in [2.24, 2.45) is 5.73 Å². The van der Waals surface area contributed by atoms with Gasteiger partial charge in [-0.2, -0.15) is 0 Å². The van der Waals surface area contributed by atoms with E-state index < -0.39 is 0 Å². The number of thioether (sulfide) groups is 1. The second kappa shape index (κ2) is 6.61. The molecule has 1 heterocycles. The highest BCUT2D eigenvalue weighted by molar-refractivity contribution is 9.10. The summed E-state index contributed by atoms with van der Waals surface area (Å²) < 4.78 is 1.06. The number of rotatable bonds is 4. The Morgan fingerprint density at radius 2 is 2.11 bits per heavy atom. The molecule has 0 bridgehead atoms. The zero-order valence-corrected chi connectivity index (χ0v) is 13.2. The Labute approximate surface area is 129 Å². The quantitative estimate of drug-likeness (QED) is 0.814. The molecule has 0 radical (unpaired) electrons. The van der Waals surface area contributed by atoms with E-state index in [2.05, 4.69) is 20.9 Å². The van der Waals surface area contributed by atoms with Crippen LogP contribution in [0.4, 0.5) is 5.82 Å². The third-order valence-corrected chi connectivity index (χ3v) is 4.92. The lowest BCUT2D eigenvalue weighted by Gasteiger charge is -2.14. The summed E-state index contributed by atoms with van der Waals surface area (Å²) in [6.45, 7) is 0. The average molecular weight is 359 g/mol. The number of anilines is 1. The van der Waals surface area contributed by atoms with E-state index in [9.17, 15) is 0 Å². The molecular formula is C13H13BrClN3S. The third-order valence-electron chi connectivity index (χ3n) is 2.57. The molecule has 0 amide bonds. The van der Waals surface area contributed by atoms with E-state index >= 15 is 0 Å². The van der Waals surface area contributed by atoms with Gasteiger partial charge < -0.3 is 11.5 Å². The van der Waals surface area contributed by atoms with E-state index in [4.69, 9.17) is 23.1 Å². The molecule has 0 spiro atoms. The maximum absolute atomic E-state index is 6.15. The number of nitrogens with two attached hydrogens (primary N) is 2. The smallest absolute Gasteiger partial charge is 0.128 e. The largest absolute Gasteiger partial charge is 0.383 e. The minimum Gasteiger partial charge on any atom is -0.383 e. The Bertz CT molecular complexity index is 580. The second-order valence-corrected chi connectivity index (χ2v) is 6.33. The Hall–Kier alpha value is -0.750. The Morgan fingerprint density at radius 1 is 1.37 bits per heavy atom. The van der Waals surface area contributed by atoms with Crippen LogP contribution in [0.2, 0.25) is 5.02 Å². The molecule has 2 aromatic rings. The number of halogens is 2. The highest BCUT2D eigenvalue weighted by Gasteiger charge is 2.12. The van der Waals surface area contributed by atoms with Crippen molar-refractivity contribution in [2.45, 2.75) is 10.9 Å². The fourth-order valence-corrected chi connectivity index (χ4v) is 3.31. The highest BCUT2D eigenvalue weighted by Crippen LogP contribution is 2.31. The third kappa shape index (κ3) is 3.86. The van der Waals surface area contributed by atoms with E-state index in [-0.39, 0.29) is 6.04 Å². The SMILES string of the molecule is Nc1ncc(Cl)cc1C(N)CSc1ccccc1Br. The predicted molar refractivity (Wildman–Crippen MR) is 85.5 cm³/mol. The van der Waals surface area contributed by atoms with Crippen molar-refractivity contribution >= 4 is 45.1 Å². The van der Waals surface area contributed by atoms with Gasteiger partial charge in [0.05, 0.1) is 5.02 Å². The fourth-order valence-electron chi connectivity index (χ4n) is 1.59. The maximum atomic E-state index is 6.15. The minimum atomic E-state index is -0.205. The summed E-state index contributed by atoms with van der Waals surface area (Å²) in [6.07, 6.45) is 1.52. The summed E-state index contributed by atoms with van der Waals surface area (Å²) in [5, 5.41) is 0.547. The van der Waals surface area contributed by atoms with Crippen LogP contribution in [0.3, 0.4) is 0 Å². The maximum Gasteiger partial charge on any atom is 0.128 e. The van der Waals surface area contributed by atoms with Crippen molar-refractivity contribution in [2.75, 3.05) is 11.5 Å². The van der Waals surface area contributed by atoms with Gasteiger partial charge in [-0.3, -0.25) is 0 Å². The van der Waals surface area contributed by atoms with Gasteiger partial charge in [0.25, 0.3) is 0 Å². The molecule has 3 nitrogen and oxygen atoms in total. The molecule has 6 heteroatoms. The Morgan fingerprint density at radius 3 is 2.84 bits per heavy atom. The first-order valence-electron chi connectivity index (χ1n) is 5.61. The second-order valence-electron chi connectivity index (χ2n) is 3.98. The van der Waals surface area contributed by atoms with E-state index in [0.717, 1.165) is 14.9 Å². The summed E-state index contributed by atoms with van der Waals surface area (Å²) >= 11 is 11.1. The first-order chi connectivity index (χ1) is 9.08. The van der Waals surface area contributed by atoms with Crippen LogP contribution in [-0.2, 0) is 0 Å². The van der Waals surface area contributed by atoms with Crippen molar-refractivity contribution < 1.29 is 0 Å². The molecule has 0 saturated heterocycles. The van der Waals surface area contributed by atoms with Crippen molar-refractivity contribution in [3.63, 3.8) is 0 Å². The first kappa shape index (κ1) is 14.7. The van der Waals surface area contributed by atoms with E-state index in [1.165, 1.54) is 6.20 Å². The molecule has 1 unspecified atom stereocenters. The van der Waals surface area contributed by atoms with Crippen LogP contribution in [0.1, 0.15) is 11.6 Å². The normalized spacial score (nSPS) is 12.4. The van der Waals surface area contributed by atoms with Crippen molar-refractivity contribution in [1.82, 2.24) is 4.98 Å².